The van der Waals surface area contributed by atoms with E-state index in [2.05, 4.69) is 9.47 Å². The van der Waals surface area contributed by atoms with Crippen LogP contribution < -0.4 is 0 Å². The third kappa shape index (κ3) is 5.97. The summed E-state index contributed by atoms with van der Waals surface area (Å²) < 4.78 is 86.7. The van der Waals surface area contributed by atoms with Crippen LogP contribution in [0.25, 0.3) is 0 Å². The number of rotatable bonds is 4. The van der Waals surface area contributed by atoms with Crippen LogP contribution in [0.5, 0.6) is 0 Å². The zero-order valence-corrected chi connectivity index (χ0v) is 6.45. The summed E-state index contributed by atoms with van der Waals surface area (Å²) in [6.07, 6.45) is -13.2. The predicted octanol–water partition coefficient (Wildman–Crippen LogP) is 2.40. The van der Waals surface area contributed by atoms with Gasteiger partial charge in [0.05, 0.1) is 6.61 Å². The first kappa shape index (κ1) is 13.4. The second kappa shape index (κ2) is 4.78. The molecule has 0 heterocycles. The molecule has 0 rings (SSSR count). The summed E-state index contributed by atoms with van der Waals surface area (Å²) in [5.41, 5.74) is 0. The fraction of sp³-hybridized carbons (Fsp3) is 1.00. The molecule has 0 fully saturated rings. The van der Waals surface area contributed by atoms with Crippen molar-refractivity contribution in [2.45, 2.75) is 18.6 Å². The van der Waals surface area contributed by atoms with Gasteiger partial charge in [-0.3, -0.25) is 4.74 Å². The van der Waals surface area contributed by atoms with E-state index >= 15 is 0 Å². The van der Waals surface area contributed by atoms with Gasteiger partial charge in [0.15, 0.2) is 13.0 Å². The van der Waals surface area contributed by atoms with Gasteiger partial charge < -0.3 is 4.74 Å². The Hall–Kier alpha value is -0.570. The molecule has 86 valence electrons. The lowest BCUT2D eigenvalue weighted by Crippen LogP contribution is -2.37. The molecule has 9 heteroatoms. The quantitative estimate of drug-likeness (QED) is 0.690. The summed E-state index contributed by atoms with van der Waals surface area (Å²) in [5, 5.41) is 0. The smallest absolute Gasteiger partial charge is 0.335 e. The maximum absolute atomic E-state index is 11.7. The summed E-state index contributed by atoms with van der Waals surface area (Å²) in [7, 11) is 0. The van der Waals surface area contributed by atoms with Crippen molar-refractivity contribution in [1.82, 2.24) is 0 Å². The van der Waals surface area contributed by atoms with E-state index in [0.29, 0.717) is 0 Å². The van der Waals surface area contributed by atoms with E-state index in [9.17, 15) is 30.7 Å². The van der Waals surface area contributed by atoms with E-state index in [1.54, 1.807) is 0 Å². The fourth-order valence-electron chi connectivity index (χ4n) is 0.483. The molecule has 0 aromatic heterocycles. The predicted molar refractivity (Wildman–Crippen MR) is 28.9 cm³/mol. The molecule has 0 aliphatic carbocycles. The Kier molecular flexibility index (Phi) is 4.59. The molecule has 0 aliphatic heterocycles. The van der Waals surface area contributed by atoms with Gasteiger partial charge in [-0.2, -0.15) is 13.2 Å². The van der Waals surface area contributed by atoms with E-state index in [0.717, 1.165) is 0 Å². The first-order valence-corrected chi connectivity index (χ1v) is 3.12. The molecule has 1 atom stereocenters. The van der Waals surface area contributed by atoms with E-state index in [1.807, 2.05) is 0 Å². The van der Waals surface area contributed by atoms with Crippen molar-refractivity contribution < 1.29 is 40.2 Å². The maximum atomic E-state index is 11.7. The SMILES string of the molecule is FCOC(COC(F)(F)F)C(F)(F)F. The van der Waals surface area contributed by atoms with Gasteiger partial charge in [-0.25, -0.2) is 4.39 Å². The van der Waals surface area contributed by atoms with Gasteiger partial charge in [-0.05, 0) is 0 Å². The normalized spacial score (nSPS) is 15.6. The minimum Gasteiger partial charge on any atom is -0.335 e. The monoisotopic (exact) mass is 230 g/mol. The molecule has 0 radical (unpaired) electrons. The first-order chi connectivity index (χ1) is 6.17. The number of hydrogen-bond acceptors (Lipinski definition) is 2. The third-order valence-electron chi connectivity index (χ3n) is 1.03. The van der Waals surface area contributed by atoms with E-state index < -0.39 is 32.1 Å². The minimum absolute atomic E-state index is 1.82. The Morgan fingerprint density at radius 3 is 1.79 bits per heavy atom. The van der Waals surface area contributed by atoms with E-state index in [4.69, 9.17) is 0 Å². The summed E-state index contributed by atoms with van der Waals surface area (Å²) in [5.74, 6) is 0. The molecular formula is C5H5F7O2. The summed E-state index contributed by atoms with van der Waals surface area (Å²) in [6, 6.07) is 0. The molecule has 0 amide bonds. The van der Waals surface area contributed by atoms with E-state index in [-0.39, 0.29) is 0 Å². The number of halogens is 7. The molecule has 0 aromatic carbocycles. The van der Waals surface area contributed by atoms with Gasteiger partial charge >= 0.3 is 12.5 Å². The molecule has 0 bridgehead atoms. The summed E-state index contributed by atoms with van der Waals surface area (Å²) in [4.78, 5) is 0. The van der Waals surface area contributed by atoms with Crippen LogP contribution in [0.3, 0.4) is 0 Å². The standard InChI is InChI=1S/C5H5F7O2/c6-2-13-3(4(7,8)9)1-14-5(10,11)12/h3H,1-2H2. The fourth-order valence-corrected chi connectivity index (χ4v) is 0.483. The van der Waals surface area contributed by atoms with E-state index in [1.165, 1.54) is 0 Å². The van der Waals surface area contributed by atoms with Gasteiger partial charge in [-0.15, -0.1) is 13.2 Å². The van der Waals surface area contributed by atoms with Crippen molar-refractivity contribution in [3.8, 4) is 0 Å². The molecule has 0 saturated heterocycles. The van der Waals surface area contributed by atoms with Crippen LogP contribution in [-0.2, 0) is 9.47 Å². The van der Waals surface area contributed by atoms with Crippen molar-refractivity contribution in [3.05, 3.63) is 0 Å². The molecule has 2 nitrogen and oxygen atoms in total. The van der Waals surface area contributed by atoms with Gasteiger partial charge in [-0.1, -0.05) is 0 Å². The Morgan fingerprint density at radius 1 is 1.00 bits per heavy atom. The van der Waals surface area contributed by atoms with Crippen LogP contribution in [0, 0.1) is 0 Å². The Labute approximate surface area is 73.6 Å². The van der Waals surface area contributed by atoms with Crippen molar-refractivity contribution >= 4 is 0 Å². The molecule has 0 aliphatic rings. The topological polar surface area (TPSA) is 18.5 Å². The van der Waals surface area contributed by atoms with Crippen LogP contribution in [0.1, 0.15) is 0 Å². The van der Waals surface area contributed by atoms with Crippen LogP contribution in [0.4, 0.5) is 30.7 Å². The lowest BCUT2D eigenvalue weighted by atomic mass is 10.4. The Balaban J connectivity index is 4.12. The minimum atomic E-state index is -5.21. The van der Waals surface area contributed by atoms with Crippen molar-refractivity contribution in [2.24, 2.45) is 0 Å². The van der Waals surface area contributed by atoms with Crippen LogP contribution in [0.2, 0.25) is 0 Å². The van der Waals surface area contributed by atoms with Gasteiger partial charge in [0.1, 0.15) is 0 Å². The van der Waals surface area contributed by atoms with Crippen molar-refractivity contribution in [3.63, 3.8) is 0 Å². The molecule has 0 saturated carbocycles. The molecular weight excluding hydrogens is 225 g/mol. The highest BCUT2D eigenvalue weighted by Gasteiger charge is 2.43. The Morgan fingerprint density at radius 2 is 1.50 bits per heavy atom. The maximum Gasteiger partial charge on any atom is 0.522 e. The lowest BCUT2D eigenvalue weighted by molar-refractivity contribution is -0.347. The zero-order valence-electron chi connectivity index (χ0n) is 6.45. The largest absolute Gasteiger partial charge is 0.522 e. The highest BCUT2D eigenvalue weighted by Crippen LogP contribution is 2.26. The summed E-state index contributed by atoms with van der Waals surface area (Å²) >= 11 is 0. The first-order valence-electron chi connectivity index (χ1n) is 3.12. The third-order valence-corrected chi connectivity index (χ3v) is 1.03. The van der Waals surface area contributed by atoms with Crippen LogP contribution in [-0.4, -0.2) is 32.1 Å². The number of ether oxygens (including phenoxy) is 2. The van der Waals surface area contributed by atoms with Crippen molar-refractivity contribution in [1.29, 1.82) is 0 Å². The molecule has 0 aromatic rings. The Bertz CT molecular complexity index is 162. The highest BCUT2D eigenvalue weighted by molar-refractivity contribution is 4.66. The molecule has 1 unspecified atom stereocenters. The second-order valence-electron chi connectivity index (χ2n) is 2.06. The van der Waals surface area contributed by atoms with Crippen molar-refractivity contribution in [2.75, 3.05) is 13.5 Å². The van der Waals surface area contributed by atoms with Gasteiger partial charge in [0.25, 0.3) is 0 Å². The molecule has 0 spiro atoms. The lowest BCUT2D eigenvalue weighted by Gasteiger charge is -2.19. The van der Waals surface area contributed by atoms with Gasteiger partial charge in [0.2, 0.25) is 0 Å². The highest BCUT2D eigenvalue weighted by atomic mass is 19.4. The number of alkyl halides is 7. The molecule has 14 heavy (non-hydrogen) atoms. The summed E-state index contributed by atoms with van der Waals surface area (Å²) in [6.45, 7) is -3.66. The average molecular weight is 230 g/mol. The zero-order chi connectivity index (χ0) is 11.4. The van der Waals surface area contributed by atoms with Crippen LogP contribution >= 0.6 is 0 Å². The average Bonchev–Trinajstić information content (AvgIpc) is 1.93. The second-order valence-corrected chi connectivity index (χ2v) is 2.06. The van der Waals surface area contributed by atoms with Crippen LogP contribution in [0.15, 0.2) is 0 Å². The molecule has 0 N–H and O–H groups in total. The van der Waals surface area contributed by atoms with Gasteiger partial charge in [0, 0.05) is 0 Å². The number of hydrogen-bond donors (Lipinski definition) is 0.